The molecule has 0 unspecified atom stereocenters. The highest BCUT2D eigenvalue weighted by atomic mass is 16.1. The standard InChI is InChI=1S/C8H6N4O/c13-4-6-3-8(10-5-9-6)7-1-2-11-12-7/h1-5H,(H,11,12). The summed E-state index contributed by atoms with van der Waals surface area (Å²) < 4.78 is 0. The number of nitrogens with one attached hydrogen (secondary N) is 1. The molecule has 0 saturated carbocycles. The number of hydrogen-bond acceptors (Lipinski definition) is 4. The molecule has 5 heteroatoms. The van der Waals surface area contributed by atoms with Gasteiger partial charge in [0.2, 0.25) is 0 Å². The van der Waals surface area contributed by atoms with E-state index in [9.17, 15) is 4.79 Å². The Balaban J connectivity index is 2.47. The molecule has 0 aliphatic heterocycles. The summed E-state index contributed by atoms with van der Waals surface area (Å²) in [6.45, 7) is 0. The van der Waals surface area contributed by atoms with E-state index in [1.54, 1.807) is 18.3 Å². The number of nitrogens with zero attached hydrogens (tertiary/aromatic N) is 3. The molecule has 2 heterocycles. The highest BCUT2D eigenvalue weighted by molar-refractivity contribution is 5.73. The second kappa shape index (κ2) is 3.14. The first-order chi connectivity index (χ1) is 6.40. The Morgan fingerprint density at radius 3 is 3.00 bits per heavy atom. The van der Waals surface area contributed by atoms with Crippen molar-refractivity contribution in [1.29, 1.82) is 0 Å². The van der Waals surface area contributed by atoms with Gasteiger partial charge >= 0.3 is 0 Å². The number of aldehydes is 1. The zero-order chi connectivity index (χ0) is 9.10. The molecular weight excluding hydrogens is 168 g/mol. The molecule has 0 spiro atoms. The summed E-state index contributed by atoms with van der Waals surface area (Å²) in [6.07, 6.45) is 3.65. The van der Waals surface area contributed by atoms with Crippen LogP contribution in [0.15, 0.2) is 24.7 Å². The lowest BCUT2D eigenvalue weighted by molar-refractivity contribution is 0.111. The van der Waals surface area contributed by atoms with E-state index in [2.05, 4.69) is 20.2 Å². The van der Waals surface area contributed by atoms with Gasteiger partial charge in [0, 0.05) is 6.20 Å². The van der Waals surface area contributed by atoms with Gasteiger partial charge in [0.15, 0.2) is 6.29 Å². The Hall–Kier alpha value is -2.04. The number of aromatic nitrogens is 4. The van der Waals surface area contributed by atoms with Gasteiger partial charge in [-0.2, -0.15) is 5.10 Å². The first-order valence-corrected chi connectivity index (χ1v) is 3.67. The summed E-state index contributed by atoms with van der Waals surface area (Å²) in [5.41, 5.74) is 1.79. The van der Waals surface area contributed by atoms with Crippen molar-refractivity contribution >= 4 is 6.29 Å². The normalized spacial score (nSPS) is 9.85. The number of rotatable bonds is 2. The van der Waals surface area contributed by atoms with Crippen LogP contribution in [0.3, 0.4) is 0 Å². The van der Waals surface area contributed by atoms with Crippen LogP contribution >= 0.6 is 0 Å². The minimum absolute atomic E-state index is 0.361. The van der Waals surface area contributed by atoms with Crippen molar-refractivity contribution in [1.82, 2.24) is 20.2 Å². The van der Waals surface area contributed by atoms with Gasteiger partial charge in [-0.15, -0.1) is 0 Å². The van der Waals surface area contributed by atoms with Crippen LogP contribution in [0.25, 0.3) is 11.4 Å². The fraction of sp³-hybridized carbons (Fsp3) is 0. The smallest absolute Gasteiger partial charge is 0.168 e. The largest absolute Gasteiger partial charge is 0.296 e. The molecule has 64 valence electrons. The van der Waals surface area contributed by atoms with E-state index in [0.717, 1.165) is 5.69 Å². The van der Waals surface area contributed by atoms with Crippen molar-refractivity contribution in [3.05, 3.63) is 30.4 Å². The molecule has 0 radical (unpaired) electrons. The number of carbonyl (C=O) groups is 1. The highest BCUT2D eigenvalue weighted by Crippen LogP contribution is 2.11. The van der Waals surface area contributed by atoms with Gasteiger partial charge in [-0.1, -0.05) is 0 Å². The van der Waals surface area contributed by atoms with E-state index in [1.807, 2.05) is 0 Å². The summed E-state index contributed by atoms with van der Waals surface area (Å²) in [6, 6.07) is 3.37. The Morgan fingerprint density at radius 1 is 1.38 bits per heavy atom. The molecule has 0 aromatic carbocycles. The maximum absolute atomic E-state index is 10.4. The SMILES string of the molecule is O=Cc1cc(-c2ccn[nH]2)ncn1. The van der Waals surface area contributed by atoms with Crippen LogP contribution in [0, 0.1) is 0 Å². The zero-order valence-electron chi connectivity index (χ0n) is 6.64. The topological polar surface area (TPSA) is 71.5 Å². The summed E-state index contributed by atoms with van der Waals surface area (Å²) in [7, 11) is 0. The lowest BCUT2D eigenvalue weighted by Gasteiger charge is -1.95. The molecule has 0 aliphatic rings. The second-order valence-corrected chi connectivity index (χ2v) is 2.42. The third-order valence-electron chi connectivity index (χ3n) is 1.59. The first-order valence-electron chi connectivity index (χ1n) is 3.67. The number of carbonyl (C=O) groups excluding carboxylic acids is 1. The van der Waals surface area contributed by atoms with E-state index in [-0.39, 0.29) is 0 Å². The molecule has 0 aliphatic carbocycles. The Labute approximate surface area is 73.9 Å². The molecular formula is C8H6N4O. The number of hydrogen-bond donors (Lipinski definition) is 1. The average Bonchev–Trinajstić information content (AvgIpc) is 2.71. The van der Waals surface area contributed by atoms with Crippen molar-refractivity contribution < 1.29 is 4.79 Å². The number of H-pyrrole nitrogens is 1. The van der Waals surface area contributed by atoms with Gasteiger partial charge in [0.25, 0.3) is 0 Å². The lowest BCUT2D eigenvalue weighted by Crippen LogP contribution is -1.91. The minimum Gasteiger partial charge on any atom is -0.296 e. The molecule has 5 nitrogen and oxygen atoms in total. The van der Waals surface area contributed by atoms with Crippen molar-refractivity contribution in [3.63, 3.8) is 0 Å². The predicted molar refractivity (Wildman–Crippen MR) is 45.0 cm³/mol. The zero-order valence-corrected chi connectivity index (χ0v) is 6.64. The molecule has 0 bridgehead atoms. The van der Waals surface area contributed by atoms with Gasteiger partial charge in [-0.05, 0) is 12.1 Å². The van der Waals surface area contributed by atoms with E-state index in [1.165, 1.54) is 6.33 Å². The fourth-order valence-corrected chi connectivity index (χ4v) is 0.983. The molecule has 1 N–H and O–H groups in total. The third-order valence-corrected chi connectivity index (χ3v) is 1.59. The first kappa shape index (κ1) is 7.60. The van der Waals surface area contributed by atoms with Gasteiger partial charge in [0.1, 0.15) is 12.0 Å². The van der Waals surface area contributed by atoms with Crippen LogP contribution in [0.1, 0.15) is 10.5 Å². The van der Waals surface area contributed by atoms with Gasteiger partial charge < -0.3 is 0 Å². The van der Waals surface area contributed by atoms with Crippen molar-refractivity contribution in [2.45, 2.75) is 0 Å². The Bertz CT molecular complexity index is 410. The lowest BCUT2D eigenvalue weighted by atomic mass is 10.3. The summed E-state index contributed by atoms with van der Waals surface area (Å²) in [5.74, 6) is 0. The molecule has 0 atom stereocenters. The molecule has 0 fully saturated rings. The summed E-state index contributed by atoms with van der Waals surface area (Å²) in [5, 5.41) is 6.53. The second-order valence-electron chi connectivity index (χ2n) is 2.42. The van der Waals surface area contributed by atoms with Crippen molar-refractivity contribution in [3.8, 4) is 11.4 Å². The summed E-state index contributed by atoms with van der Waals surface area (Å²) >= 11 is 0. The molecule has 0 saturated heterocycles. The van der Waals surface area contributed by atoms with Crippen molar-refractivity contribution in [2.75, 3.05) is 0 Å². The van der Waals surface area contributed by atoms with E-state index in [0.29, 0.717) is 17.7 Å². The Kier molecular flexibility index (Phi) is 1.84. The third kappa shape index (κ3) is 1.44. The van der Waals surface area contributed by atoms with Crippen LogP contribution in [-0.2, 0) is 0 Å². The van der Waals surface area contributed by atoms with Crippen LogP contribution in [0.5, 0.6) is 0 Å². The molecule has 2 aromatic rings. The minimum atomic E-state index is 0.361. The summed E-state index contributed by atoms with van der Waals surface area (Å²) in [4.78, 5) is 18.2. The molecule has 2 aromatic heterocycles. The van der Waals surface area contributed by atoms with E-state index in [4.69, 9.17) is 0 Å². The molecule has 13 heavy (non-hydrogen) atoms. The fourth-order valence-electron chi connectivity index (χ4n) is 0.983. The van der Waals surface area contributed by atoms with Crippen LogP contribution in [-0.4, -0.2) is 26.5 Å². The van der Waals surface area contributed by atoms with E-state index >= 15 is 0 Å². The quantitative estimate of drug-likeness (QED) is 0.679. The predicted octanol–water partition coefficient (Wildman–Crippen LogP) is 0.679. The monoisotopic (exact) mass is 174 g/mol. The average molecular weight is 174 g/mol. The maximum Gasteiger partial charge on any atom is 0.168 e. The Morgan fingerprint density at radius 2 is 2.31 bits per heavy atom. The van der Waals surface area contributed by atoms with Crippen LogP contribution in [0.2, 0.25) is 0 Å². The highest BCUT2D eigenvalue weighted by Gasteiger charge is 2.01. The van der Waals surface area contributed by atoms with Crippen LogP contribution in [0.4, 0.5) is 0 Å². The van der Waals surface area contributed by atoms with Crippen molar-refractivity contribution in [2.24, 2.45) is 0 Å². The van der Waals surface area contributed by atoms with E-state index < -0.39 is 0 Å². The van der Waals surface area contributed by atoms with Gasteiger partial charge in [-0.3, -0.25) is 9.89 Å². The maximum atomic E-state index is 10.4. The van der Waals surface area contributed by atoms with Gasteiger partial charge in [-0.25, -0.2) is 9.97 Å². The van der Waals surface area contributed by atoms with Gasteiger partial charge in [0.05, 0.1) is 11.4 Å². The molecule has 2 rings (SSSR count). The number of aromatic amines is 1. The van der Waals surface area contributed by atoms with Crippen LogP contribution < -0.4 is 0 Å². The molecule has 0 amide bonds.